The largest absolute Gasteiger partial charge is 0.374 e. The van der Waals surface area contributed by atoms with E-state index < -0.39 is 17.8 Å². The summed E-state index contributed by atoms with van der Waals surface area (Å²) in [6.07, 6.45) is -0.927. The van der Waals surface area contributed by atoms with Crippen LogP contribution in [0.4, 0.5) is 4.39 Å². The van der Waals surface area contributed by atoms with Gasteiger partial charge in [0.2, 0.25) is 0 Å². The summed E-state index contributed by atoms with van der Waals surface area (Å²) in [5.41, 5.74) is 8.70. The number of halogens is 1. The maximum Gasteiger partial charge on any atom is 0.132 e. The number of nitrogens with one attached hydrogen (secondary N) is 1. The molecule has 0 saturated carbocycles. The first-order chi connectivity index (χ1) is 10.7. The van der Waals surface area contributed by atoms with Crippen molar-refractivity contribution < 1.29 is 9.50 Å². The van der Waals surface area contributed by atoms with E-state index in [1.54, 1.807) is 18.2 Å². The lowest BCUT2D eigenvalue weighted by molar-refractivity contribution is 0.105. The molecule has 2 unspecified atom stereocenters. The van der Waals surface area contributed by atoms with Gasteiger partial charge in [0.15, 0.2) is 0 Å². The zero-order chi connectivity index (χ0) is 17.2. The van der Waals surface area contributed by atoms with E-state index in [-0.39, 0.29) is 5.82 Å². The number of aliphatic hydroxyl groups is 1. The van der Waals surface area contributed by atoms with Crippen LogP contribution in [0.1, 0.15) is 48.4 Å². The van der Waals surface area contributed by atoms with Gasteiger partial charge >= 0.3 is 0 Å². The molecule has 0 bridgehead atoms. The highest BCUT2D eigenvalue weighted by atomic mass is 19.1. The first kappa shape index (κ1) is 17.6. The molecule has 0 amide bonds. The average Bonchev–Trinajstić information content (AvgIpc) is 2.44. The first-order valence-electron chi connectivity index (χ1n) is 7.75. The lowest BCUT2D eigenvalue weighted by Crippen LogP contribution is -2.48. The van der Waals surface area contributed by atoms with Crippen molar-refractivity contribution in [2.24, 2.45) is 5.73 Å². The van der Waals surface area contributed by atoms with Crippen molar-refractivity contribution >= 4 is 0 Å². The lowest BCUT2D eigenvalue weighted by Gasteiger charge is -2.34. The maximum absolute atomic E-state index is 14.2. The molecule has 2 aromatic rings. The van der Waals surface area contributed by atoms with Crippen LogP contribution in [-0.2, 0) is 0 Å². The minimum atomic E-state index is -0.927. The highest BCUT2D eigenvalue weighted by Gasteiger charge is 2.31. The Morgan fingerprint density at radius 1 is 1.04 bits per heavy atom. The molecule has 0 fully saturated rings. The van der Waals surface area contributed by atoms with E-state index in [0.717, 1.165) is 16.7 Å². The van der Waals surface area contributed by atoms with Gasteiger partial charge in [0.05, 0.1) is 6.04 Å². The van der Waals surface area contributed by atoms with Gasteiger partial charge < -0.3 is 10.8 Å². The molecule has 124 valence electrons. The maximum atomic E-state index is 14.2. The van der Waals surface area contributed by atoms with Crippen molar-refractivity contribution in [3.8, 4) is 0 Å². The number of rotatable bonds is 5. The van der Waals surface area contributed by atoms with Gasteiger partial charge in [-0.2, -0.15) is 0 Å². The second-order valence-corrected chi connectivity index (χ2v) is 6.65. The predicted octanol–water partition coefficient (Wildman–Crippen LogP) is 3.50. The number of aliphatic hydroxyl groups excluding tert-OH is 1. The summed E-state index contributed by atoms with van der Waals surface area (Å²) >= 11 is 0. The number of aryl methyl sites for hydroxylation is 2. The molecule has 0 aliphatic rings. The number of hydrogen-bond acceptors (Lipinski definition) is 3. The smallest absolute Gasteiger partial charge is 0.132 e. The third-order valence-corrected chi connectivity index (χ3v) is 4.10. The summed E-state index contributed by atoms with van der Waals surface area (Å²) < 4.78 is 14.2. The predicted molar refractivity (Wildman–Crippen MR) is 91.4 cm³/mol. The molecular formula is C19H25FN2O. The molecule has 2 atom stereocenters. The molecule has 0 aliphatic heterocycles. The number of hydrogen-bond donors (Lipinski definition) is 3. The van der Waals surface area contributed by atoms with E-state index in [0.29, 0.717) is 5.56 Å². The molecule has 0 aliphatic carbocycles. The van der Waals surface area contributed by atoms with Crippen LogP contribution >= 0.6 is 0 Å². The highest BCUT2D eigenvalue weighted by Crippen LogP contribution is 2.30. The standard InChI is InChI=1S/C19H25FN2O/c1-12-8-7-9-13(2)16(12)18(23)22-17(19(3,4)21)14-10-5-6-11-15(14)20/h5-11,17-18,22-23H,21H2,1-4H3. The van der Waals surface area contributed by atoms with Crippen molar-refractivity contribution in [2.45, 2.75) is 45.5 Å². The molecule has 4 N–H and O–H groups in total. The van der Waals surface area contributed by atoms with Crippen molar-refractivity contribution in [1.29, 1.82) is 0 Å². The molecule has 0 aromatic heterocycles. The second kappa shape index (κ2) is 6.79. The van der Waals surface area contributed by atoms with Crippen molar-refractivity contribution in [3.63, 3.8) is 0 Å². The Kier molecular flexibility index (Phi) is 5.19. The second-order valence-electron chi connectivity index (χ2n) is 6.65. The van der Waals surface area contributed by atoms with Gasteiger partial charge in [-0.05, 0) is 44.9 Å². The van der Waals surface area contributed by atoms with Gasteiger partial charge in [-0.15, -0.1) is 0 Å². The Labute approximate surface area is 137 Å². The van der Waals surface area contributed by atoms with Gasteiger partial charge in [0.25, 0.3) is 0 Å². The molecule has 0 spiro atoms. The number of nitrogens with two attached hydrogens (primary N) is 1. The quantitative estimate of drug-likeness (QED) is 0.740. The van der Waals surface area contributed by atoms with E-state index in [4.69, 9.17) is 5.73 Å². The Morgan fingerprint density at radius 2 is 1.61 bits per heavy atom. The zero-order valence-electron chi connectivity index (χ0n) is 14.1. The van der Waals surface area contributed by atoms with Crippen molar-refractivity contribution in [1.82, 2.24) is 5.32 Å². The van der Waals surface area contributed by atoms with Crippen LogP contribution in [0.5, 0.6) is 0 Å². The summed E-state index contributed by atoms with van der Waals surface area (Å²) in [6.45, 7) is 7.51. The van der Waals surface area contributed by atoms with Crippen LogP contribution < -0.4 is 11.1 Å². The van der Waals surface area contributed by atoms with E-state index in [9.17, 15) is 9.50 Å². The molecule has 3 nitrogen and oxygen atoms in total. The van der Waals surface area contributed by atoms with E-state index in [1.807, 2.05) is 45.9 Å². The van der Waals surface area contributed by atoms with Crippen LogP contribution in [-0.4, -0.2) is 10.6 Å². The molecule has 0 heterocycles. The molecule has 2 rings (SSSR count). The van der Waals surface area contributed by atoms with Gasteiger partial charge in [0, 0.05) is 16.7 Å². The molecule has 4 heteroatoms. The van der Waals surface area contributed by atoms with Crippen molar-refractivity contribution in [3.05, 3.63) is 70.5 Å². The van der Waals surface area contributed by atoms with Gasteiger partial charge in [-0.3, -0.25) is 5.32 Å². The van der Waals surface area contributed by atoms with E-state index >= 15 is 0 Å². The minimum Gasteiger partial charge on any atom is -0.374 e. The normalized spacial score (nSPS) is 14.6. The number of benzene rings is 2. The van der Waals surface area contributed by atoms with E-state index in [1.165, 1.54) is 6.07 Å². The van der Waals surface area contributed by atoms with Gasteiger partial charge in [-0.1, -0.05) is 36.4 Å². The summed E-state index contributed by atoms with van der Waals surface area (Å²) in [4.78, 5) is 0. The highest BCUT2D eigenvalue weighted by molar-refractivity contribution is 5.35. The van der Waals surface area contributed by atoms with Crippen LogP contribution in [0.3, 0.4) is 0 Å². The Hall–Kier alpha value is -1.75. The zero-order valence-corrected chi connectivity index (χ0v) is 14.1. The fraction of sp³-hybridized carbons (Fsp3) is 0.368. The summed E-state index contributed by atoms with van der Waals surface area (Å²) in [6, 6.07) is 11.8. The Bertz CT molecular complexity index is 659. The van der Waals surface area contributed by atoms with Crippen molar-refractivity contribution in [2.75, 3.05) is 0 Å². The Morgan fingerprint density at radius 3 is 2.13 bits per heavy atom. The third kappa shape index (κ3) is 3.96. The average molecular weight is 316 g/mol. The lowest BCUT2D eigenvalue weighted by atomic mass is 9.88. The first-order valence-corrected chi connectivity index (χ1v) is 7.75. The molecule has 0 radical (unpaired) electrons. The summed E-state index contributed by atoms with van der Waals surface area (Å²) in [5, 5.41) is 13.8. The van der Waals surface area contributed by atoms with Gasteiger partial charge in [-0.25, -0.2) is 4.39 Å². The molecule has 23 heavy (non-hydrogen) atoms. The van der Waals surface area contributed by atoms with E-state index in [2.05, 4.69) is 5.32 Å². The summed E-state index contributed by atoms with van der Waals surface area (Å²) in [5.74, 6) is -0.336. The fourth-order valence-electron chi connectivity index (χ4n) is 2.91. The third-order valence-electron chi connectivity index (χ3n) is 4.10. The van der Waals surface area contributed by atoms with Crippen LogP contribution in [0.15, 0.2) is 42.5 Å². The molecule has 0 saturated heterocycles. The minimum absolute atomic E-state index is 0.336. The molecular weight excluding hydrogens is 291 g/mol. The summed E-state index contributed by atoms with van der Waals surface area (Å²) in [7, 11) is 0. The topological polar surface area (TPSA) is 58.3 Å². The van der Waals surface area contributed by atoms with Crippen LogP contribution in [0, 0.1) is 19.7 Å². The molecule has 2 aromatic carbocycles. The van der Waals surface area contributed by atoms with Gasteiger partial charge in [0.1, 0.15) is 12.0 Å². The van der Waals surface area contributed by atoms with Crippen LogP contribution in [0.25, 0.3) is 0 Å². The van der Waals surface area contributed by atoms with Crippen LogP contribution in [0.2, 0.25) is 0 Å². The monoisotopic (exact) mass is 316 g/mol. The SMILES string of the molecule is Cc1cccc(C)c1C(O)NC(c1ccccc1F)C(C)(C)N. The fourth-order valence-corrected chi connectivity index (χ4v) is 2.91. The Balaban J connectivity index is 2.38.